The van der Waals surface area contributed by atoms with E-state index in [4.69, 9.17) is 4.74 Å². The Kier molecular flexibility index (Phi) is 7.33. The van der Waals surface area contributed by atoms with Crippen LogP contribution in [0.1, 0.15) is 59.3 Å². The van der Waals surface area contributed by atoms with Crippen molar-refractivity contribution in [2.45, 2.75) is 65.3 Å². The lowest BCUT2D eigenvalue weighted by atomic mass is 9.78. The lowest BCUT2D eigenvalue weighted by molar-refractivity contribution is -0.142. The molecule has 0 saturated heterocycles. The molecule has 2 unspecified atom stereocenters. The number of unbranched alkanes of at least 4 members (excludes halogenated alkanes) is 1. The number of hydrogen-bond acceptors (Lipinski definition) is 3. The average molecular weight is 255 g/mol. The van der Waals surface area contributed by atoms with E-state index in [1.165, 1.54) is 25.7 Å². The van der Waals surface area contributed by atoms with Crippen molar-refractivity contribution in [2.75, 3.05) is 13.2 Å². The summed E-state index contributed by atoms with van der Waals surface area (Å²) in [5.41, 5.74) is 0. The van der Waals surface area contributed by atoms with Gasteiger partial charge in [0.2, 0.25) is 0 Å². The van der Waals surface area contributed by atoms with Gasteiger partial charge in [-0.2, -0.15) is 0 Å². The van der Waals surface area contributed by atoms with Crippen LogP contribution in [0.5, 0.6) is 0 Å². The van der Waals surface area contributed by atoms with Gasteiger partial charge in [0.25, 0.3) is 0 Å². The van der Waals surface area contributed by atoms with Crippen molar-refractivity contribution in [3.63, 3.8) is 0 Å². The Labute approximate surface area is 112 Å². The minimum absolute atomic E-state index is 0.100. The summed E-state index contributed by atoms with van der Waals surface area (Å²) in [6, 6.07) is 0.498. The first-order valence-corrected chi connectivity index (χ1v) is 7.54. The molecule has 1 N–H and O–H groups in total. The molecule has 106 valence electrons. The number of esters is 1. The fraction of sp³-hybridized carbons (Fsp3) is 0.933. The minimum atomic E-state index is -0.100. The Morgan fingerprint density at radius 3 is 2.72 bits per heavy atom. The van der Waals surface area contributed by atoms with Gasteiger partial charge in [-0.05, 0) is 31.1 Å². The van der Waals surface area contributed by atoms with Crippen molar-refractivity contribution >= 4 is 5.97 Å². The molecule has 1 aliphatic rings. The number of carbonyl (C=O) groups excluding carboxylic acids is 1. The number of rotatable bonds is 7. The third kappa shape index (κ3) is 5.38. The summed E-state index contributed by atoms with van der Waals surface area (Å²) in [7, 11) is 0. The molecule has 0 aromatic heterocycles. The van der Waals surface area contributed by atoms with E-state index in [-0.39, 0.29) is 5.97 Å². The molecule has 0 radical (unpaired) electrons. The summed E-state index contributed by atoms with van der Waals surface area (Å²) in [6.07, 6.45) is 7.14. The Morgan fingerprint density at radius 1 is 1.33 bits per heavy atom. The molecule has 18 heavy (non-hydrogen) atoms. The zero-order valence-corrected chi connectivity index (χ0v) is 12.2. The number of ether oxygens (including phenoxy) is 1. The summed E-state index contributed by atoms with van der Waals surface area (Å²) in [5, 5.41) is 3.41. The van der Waals surface area contributed by atoms with Crippen LogP contribution in [-0.4, -0.2) is 25.2 Å². The Bertz CT molecular complexity index is 241. The largest absolute Gasteiger partial charge is 0.465 e. The van der Waals surface area contributed by atoms with Gasteiger partial charge in [0.15, 0.2) is 0 Å². The lowest BCUT2D eigenvalue weighted by Crippen LogP contribution is -2.43. The van der Waals surface area contributed by atoms with Crippen molar-refractivity contribution in [3.05, 3.63) is 0 Å². The predicted molar refractivity (Wildman–Crippen MR) is 74.5 cm³/mol. The molecule has 2 atom stereocenters. The Hall–Kier alpha value is -0.570. The van der Waals surface area contributed by atoms with Gasteiger partial charge in [0.1, 0.15) is 0 Å². The zero-order chi connectivity index (χ0) is 13.4. The van der Waals surface area contributed by atoms with Crippen LogP contribution in [0.4, 0.5) is 0 Å². The quantitative estimate of drug-likeness (QED) is 0.561. The minimum Gasteiger partial charge on any atom is -0.465 e. The van der Waals surface area contributed by atoms with E-state index in [0.29, 0.717) is 31.0 Å². The van der Waals surface area contributed by atoms with E-state index in [1.807, 2.05) is 0 Å². The lowest BCUT2D eigenvalue weighted by Gasteiger charge is -2.34. The molecule has 3 nitrogen and oxygen atoms in total. The van der Waals surface area contributed by atoms with Crippen LogP contribution in [-0.2, 0) is 9.53 Å². The first-order valence-electron chi connectivity index (χ1n) is 7.54. The molecule has 0 heterocycles. The van der Waals surface area contributed by atoms with Gasteiger partial charge >= 0.3 is 5.97 Å². The molecule has 0 aliphatic heterocycles. The van der Waals surface area contributed by atoms with Gasteiger partial charge in [-0.1, -0.05) is 40.0 Å². The fourth-order valence-corrected chi connectivity index (χ4v) is 2.81. The molecule has 1 fully saturated rings. The summed E-state index contributed by atoms with van der Waals surface area (Å²) in [5.74, 6) is 1.30. The van der Waals surface area contributed by atoms with Crippen molar-refractivity contribution in [2.24, 2.45) is 11.8 Å². The standard InChI is InChI=1S/C15H29NO2/c1-4-5-10-18-15(17)11-16-14-9-7-6-8-13(14)12(2)3/h12-14,16H,4-11H2,1-3H3. The van der Waals surface area contributed by atoms with E-state index < -0.39 is 0 Å². The maximum atomic E-state index is 11.6. The number of hydrogen-bond donors (Lipinski definition) is 1. The van der Waals surface area contributed by atoms with Gasteiger partial charge in [-0.15, -0.1) is 0 Å². The van der Waals surface area contributed by atoms with Gasteiger partial charge in [0, 0.05) is 6.04 Å². The topological polar surface area (TPSA) is 38.3 Å². The molecule has 0 aromatic carbocycles. The molecule has 1 saturated carbocycles. The van der Waals surface area contributed by atoms with Gasteiger partial charge < -0.3 is 10.1 Å². The summed E-state index contributed by atoms with van der Waals surface area (Å²) < 4.78 is 5.17. The van der Waals surface area contributed by atoms with Crippen LogP contribution in [0.3, 0.4) is 0 Å². The van der Waals surface area contributed by atoms with Gasteiger partial charge in [-0.3, -0.25) is 4.79 Å². The Morgan fingerprint density at radius 2 is 2.06 bits per heavy atom. The van der Waals surface area contributed by atoms with Crippen molar-refractivity contribution < 1.29 is 9.53 Å². The zero-order valence-electron chi connectivity index (χ0n) is 12.2. The van der Waals surface area contributed by atoms with Crippen LogP contribution in [0.2, 0.25) is 0 Å². The van der Waals surface area contributed by atoms with E-state index in [0.717, 1.165) is 12.8 Å². The normalized spacial score (nSPS) is 24.2. The molecule has 0 aromatic rings. The highest BCUT2D eigenvalue weighted by atomic mass is 16.5. The maximum Gasteiger partial charge on any atom is 0.319 e. The van der Waals surface area contributed by atoms with Crippen LogP contribution in [0, 0.1) is 11.8 Å². The molecule has 3 heteroatoms. The van der Waals surface area contributed by atoms with Gasteiger partial charge in [0.05, 0.1) is 13.2 Å². The second kappa shape index (κ2) is 8.52. The van der Waals surface area contributed by atoms with Crippen molar-refractivity contribution in [3.8, 4) is 0 Å². The highest BCUT2D eigenvalue weighted by Gasteiger charge is 2.27. The first kappa shape index (κ1) is 15.5. The second-order valence-electron chi connectivity index (χ2n) is 5.75. The van der Waals surface area contributed by atoms with E-state index in [9.17, 15) is 4.79 Å². The van der Waals surface area contributed by atoms with Crippen LogP contribution in [0.25, 0.3) is 0 Å². The summed E-state index contributed by atoms with van der Waals surface area (Å²) in [4.78, 5) is 11.6. The smallest absolute Gasteiger partial charge is 0.319 e. The predicted octanol–water partition coefficient (Wildman–Crippen LogP) is 3.13. The first-order chi connectivity index (χ1) is 8.65. The summed E-state index contributed by atoms with van der Waals surface area (Å²) in [6.45, 7) is 7.60. The fourth-order valence-electron chi connectivity index (χ4n) is 2.81. The van der Waals surface area contributed by atoms with Gasteiger partial charge in [-0.25, -0.2) is 0 Å². The molecule has 1 aliphatic carbocycles. The van der Waals surface area contributed by atoms with Crippen molar-refractivity contribution in [1.82, 2.24) is 5.32 Å². The van der Waals surface area contributed by atoms with Crippen LogP contribution in [0.15, 0.2) is 0 Å². The summed E-state index contributed by atoms with van der Waals surface area (Å²) >= 11 is 0. The third-order valence-corrected chi connectivity index (χ3v) is 3.95. The second-order valence-corrected chi connectivity index (χ2v) is 5.75. The SMILES string of the molecule is CCCCOC(=O)CNC1CCCCC1C(C)C. The monoisotopic (exact) mass is 255 g/mol. The highest BCUT2D eigenvalue weighted by molar-refractivity contribution is 5.71. The van der Waals surface area contributed by atoms with Crippen LogP contribution < -0.4 is 5.32 Å². The van der Waals surface area contributed by atoms with E-state index in [1.54, 1.807) is 0 Å². The van der Waals surface area contributed by atoms with E-state index in [2.05, 4.69) is 26.1 Å². The average Bonchev–Trinajstić information content (AvgIpc) is 2.37. The molecule has 0 amide bonds. The molecule has 1 rings (SSSR count). The molecular weight excluding hydrogens is 226 g/mol. The Balaban J connectivity index is 2.25. The van der Waals surface area contributed by atoms with Crippen molar-refractivity contribution in [1.29, 1.82) is 0 Å². The maximum absolute atomic E-state index is 11.6. The molecule has 0 spiro atoms. The molecule has 0 bridgehead atoms. The third-order valence-electron chi connectivity index (χ3n) is 3.95. The van der Waals surface area contributed by atoms with Crippen LogP contribution >= 0.6 is 0 Å². The highest BCUT2D eigenvalue weighted by Crippen LogP contribution is 2.29. The number of nitrogens with one attached hydrogen (secondary N) is 1. The molecular formula is C15H29NO2. The van der Waals surface area contributed by atoms with E-state index >= 15 is 0 Å². The number of carbonyl (C=O) groups is 1.